The first-order chi connectivity index (χ1) is 13.7. The molecular weight excluding hydrogens is 358 g/mol. The summed E-state index contributed by atoms with van der Waals surface area (Å²) in [6.45, 7) is 2.95. The first-order valence-electron chi connectivity index (χ1n) is 9.81. The fraction of sp³-hybridized carbons (Fsp3) is 0.550. The van der Waals surface area contributed by atoms with E-state index in [1.54, 1.807) is 18.0 Å². The zero-order chi connectivity index (χ0) is 19.5. The number of nitrogens with zero attached hydrogens (tertiary/aromatic N) is 4. The van der Waals surface area contributed by atoms with Gasteiger partial charge in [-0.25, -0.2) is 0 Å². The van der Waals surface area contributed by atoms with Gasteiger partial charge in [-0.1, -0.05) is 23.4 Å². The maximum absolute atomic E-state index is 12.8. The Labute approximate surface area is 164 Å². The number of ether oxygens (including phenoxy) is 1. The molecule has 0 spiro atoms. The predicted molar refractivity (Wildman–Crippen MR) is 102 cm³/mol. The largest absolute Gasteiger partial charge is 0.496 e. The van der Waals surface area contributed by atoms with Crippen LogP contribution in [-0.4, -0.2) is 57.1 Å². The SMILES string of the molecule is COc1ccccc1CNC(=O)[C@H]1CN2CCC1C[C@@H]2Cn1cc(CO)nn1. The van der Waals surface area contributed by atoms with Crippen LogP contribution in [0.1, 0.15) is 24.1 Å². The summed E-state index contributed by atoms with van der Waals surface area (Å²) in [7, 11) is 1.65. The number of amides is 1. The second kappa shape index (κ2) is 8.28. The van der Waals surface area contributed by atoms with Crippen molar-refractivity contribution in [3.05, 3.63) is 41.7 Å². The highest BCUT2D eigenvalue weighted by Crippen LogP contribution is 2.37. The maximum Gasteiger partial charge on any atom is 0.224 e. The Morgan fingerprint density at radius 3 is 2.96 bits per heavy atom. The fourth-order valence-electron chi connectivity index (χ4n) is 4.50. The molecular formula is C20H27N5O3. The number of aliphatic hydroxyl groups is 1. The standard InChI is InChI=1S/C20H27N5O3/c1-28-19-5-3-2-4-15(19)9-21-20(27)18-12-24-7-6-14(18)8-17(24)11-25-10-16(13-26)22-23-25/h2-5,10,14,17-18,26H,6-9,11-13H2,1H3,(H,21,27)/t14?,17-,18+/m1/s1. The van der Waals surface area contributed by atoms with Crippen molar-refractivity contribution in [2.24, 2.45) is 11.8 Å². The maximum atomic E-state index is 12.8. The number of piperidine rings is 3. The van der Waals surface area contributed by atoms with Crippen molar-refractivity contribution in [3.63, 3.8) is 0 Å². The van der Waals surface area contributed by atoms with Crippen molar-refractivity contribution in [2.75, 3.05) is 20.2 Å². The summed E-state index contributed by atoms with van der Waals surface area (Å²) in [6, 6.07) is 8.13. The molecule has 4 heterocycles. The lowest BCUT2D eigenvalue weighted by atomic mass is 9.75. The second-order valence-electron chi connectivity index (χ2n) is 7.66. The van der Waals surface area contributed by atoms with Crippen LogP contribution in [0.15, 0.2) is 30.5 Å². The van der Waals surface area contributed by atoms with Gasteiger partial charge in [0.25, 0.3) is 0 Å². The molecule has 8 nitrogen and oxygen atoms in total. The summed E-state index contributed by atoms with van der Waals surface area (Å²) < 4.78 is 7.16. The summed E-state index contributed by atoms with van der Waals surface area (Å²) >= 11 is 0. The van der Waals surface area contributed by atoms with Gasteiger partial charge < -0.3 is 15.2 Å². The van der Waals surface area contributed by atoms with E-state index in [1.807, 2.05) is 24.3 Å². The third kappa shape index (κ3) is 3.88. The monoisotopic (exact) mass is 385 g/mol. The molecule has 0 aliphatic carbocycles. The number of benzene rings is 1. The van der Waals surface area contributed by atoms with Crippen molar-refractivity contribution < 1.29 is 14.6 Å². The van der Waals surface area contributed by atoms with Crippen LogP contribution in [0.25, 0.3) is 0 Å². The molecule has 3 fully saturated rings. The van der Waals surface area contributed by atoms with Gasteiger partial charge in [0.1, 0.15) is 11.4 Å². The van der Waals surface area contributed by atoms with Crippen LogP contribution in [0.4, 0.5) is 0 Å². The van der Waals surface area contributed by atoms with Crippen LogP contribution in [0, 0.1) is 11.8 Å². The Bertz CT molecular complexity index is 824. The Kier molecular flexibility index (Phi) is 5.59. The van der Waals surface area contributed by atoms with Gasteiger partial charge in [-0.15, -0.1) is 5.10 Å². The lowest BCUT2D eigenvalue weighted by molar-refractivity contribution is -0.133. The first kappa shape index (κ1) is 18.9. The highest BCUT2D eigenvalue weighted by Gasteiger charge is 2.43. The lowest BCUT2D eigenvalue weighted by Gasteiger charge is -2.49. The third-order valence-electron chi connectivity index (χ3n) is 6.01. The number of nitrogens with one attached hydrogen (secondary N) is 1. The molecule has 28 heavy (non-hydrogen) atoms. The number of aliphatic hydroxyl groups excluding tert-OH is 1. The van der Waals surface area contributed by atoms with Gasteiger partial charge in [0.05, 0.1) is 32.4 Å². The second-order valence-corrected chi connectivity index (χ2v) is 7.66. The topological polar surface area (TPSA) is 92.5 Å². The molecule has 8 heteroatoms. The van der Waals surface area contributed by atoms with E-state index in [0.717, 1.165) is 43.8 Å². The Hall–Kier alpha value is -2.45. The van der Waals surface area contributed by atoms with Gasteiger partial charge in [0.15, 0.2) is 0 Å². The highest BCUT2D eigenvalue weighted by atomic mass is 16.5. The molecule has 0 saturated carbocycles. The average molecular weight is 385 g/mol. The number of carbonyl (C=O) groups is 1. The average Bonchev–Trinajstić information content (AvgIpc) is 3.20. The smallest absolute Gasteiger partial charge is 0.224 e. The van der Waals surface area contributed by atoms with E-state index in [0.29, 0.717) is 24.2 Å². The molecule has 3 aliphatic rings. The summed E-state index contributed by atoms with van der Waals surface area (Å²) in [5.74, 6) is 1.35. The molecule has 5 rings (SSSR count). The number of methoxy groups -OCH3 is 1. The molecule has 1 amide bonds. The summed E-state index contributed by atoms with van der Waals surface area (Å²) in [6.07, 6.45) is 3.84. The molecule has 2 bridgehead atoms. The Morgan fingerprint density at radius 2 is 2.25 bits per heavy atom. The van der Waals surface area contributed by atoms with E-state index in [2.05, 4.69) is 20.5 Å². The van der Waals surface area contributed by atoms with Crippen LogP contribution in [0.5, 0.6) is 5.75 Å². The van der Waals surface area contributed by atoms with Crippen LogP contribution < -0.4 is 10.1 Å². The summed E-state index contributed by atoms with van der Waals surface area (Å²) in [5.41, 5.74) is 1.58. The number of rotatable bonds is 7. The third-order valence-corrected chi connectivity index (χ3v) is 6.01. The molecule has 1 aromatic heterocycles. The summed E-state index contributed by atoms with van der Waals surface area (Å²) in [4.78, 5) is 15.2. The highest BCUT2D eigenvalue weighted by molar-refractivity contribution is 5.79. The van der Waals surface area contributed by atoms with Gasteiger partial charge in [0, 0.05) is 24.7 Å². The lowest BCUT2D eigenvalue weighted by Crippen LogP contribution is -2.58. The zero-order valence-electron chi connectivity index (χ0n) is 16.1. The predicted octanol–water partition coefficient (Wildman–Crippen LogP) is 0.806. The normalized spacial score (nSPS) is 26.2. The number of carbonyl (C=O) groups excluding carboxylic acids is 1. The number of fused-ring (bicyclic) bond motifs is 3. The van der Waals surface area contributed by atoms with Gasteiger partial charge in [-0.05, 0) is 31.4 Å². The molecule has 2 unspecified atom stereocenters. The molecule has 4 atom stereocenters. The van der Waals surface area contributed by atoms with Crippen molar-refractivity contribution in [2.45, 2.75) is 38.6 Å². The molecule has 0 radical (unpaired) electrons. The molecule has 1 aromatic carbocycles. The van der Waals surface area contributed by atoms with Crippen LogP contribution in [0.2, 0.25) is 0 Å². The Balaban J connectivity index is 1.34. The van der Waals surface area contributed by atoms with Crippen molar-refractivity contribution in [1.82, 2.24) is 25.2 Å². The van der Waals surface area contributed by atoms with Crippen LogP contribution in [0.3, 0.4) is 0 Å². The van der Waals surface area contributed by atoms with Crippen LogP contribution >= 0.6 is 0 Å². The molecule has 2 N–H and O–H groups in total. The minimum absolute atomic E-state index is 0.0310. The minimum Gasteiger partial charge on any atom is -0.496 e. The molecule has 150 valence electrons. The number of para-hydroxylation sites is 1. The van der Waals surface area contributed by atoms with E-state index in [9.17, 15) is 4.79 Å². The minimum atomic E-state index is -0.0918. The first-order valence-corrected chi connectivity index (χ1v) is 9.81. The van der Waals surface area contributed by atoms with E-state index in [1.165, 1.54) is 0 Å². The van der Waals surface area contributed by atoms with E-state index in [-0.39, 0.29) is 18.4 Å². The molecule has 3 saturated heterocycles. The number of hydrogen-bond donors (Lipinski definition) is 2. The van der Waals surface area contributed by atoms with Crippen molar-refractivity contribution >= 4 is 5.91 Å². The van der Waals surface area contributed by atoms with Gasteiger partial charge in [-0.2, -0.15) is 0 Å². The number of hydrogen-bond acceptors (Lipinski definition) is 6. The Morgan fingerprint density at radius 1 is 1.39 bits per heavy atom. The van der Waals surface area contributed by atoms with Gasteiger partial charge in [-0.3, -0.25) is 14.4 Å². The zero-order valence-corrected chi connectivity index (χ0v) is 16.1. The van der Waals surface area contributed by atoms with Crippen LogP contribution in [-0.2, 0) is 24.5 Å². The van der Waals surface area contributed by atoms with Gasteiger partial charge in [0.2, 0.25) is 5.91 Å². The summed E-state index contributed by atoms with van der Waals surface area (Å²) in [5, 5.41) is 20.3. The molecule has 2 aromatic rings. The quantitative estimate of drug-likeness (QED) is 0.733. The van der Waals surface area contributed by atoms with E-state index >= 15 is 0 Å². The van der Waals surface area contributed by atoms with Crippen molar-refractivity contribution in [1.29, 1.82) is 0 Å². The molecule has 3 aliphatic heterocycles. The number of aromatic nitrogens is 3. The van der Waals surface area contributed by atoms with Crippen molar-refractivity contribution in [3.8, 4) is 5.75 Å². The van der Waals surface area contributed by atoms with E-state index < -0.39 is 0 Å². The van der Waals surface area contributed by atoms with E-state index in [4.69, 9.17) is 9.84 Å². The van der Waals surface area contributed by atoms with Gasteiger partial charge >= 0.3 is 0 Å². The fourth-order valence-corrected chi connectivity index (χ4v) is 4.50.